The molecule has 1 aromatic carbocycles. The highest BCUT2D eigenvalue weighted by molar-refractivity contribution is 6.07. The van der Waals surface area contributed by atoms with Crippen molar-refractivity contribution in [1.82, 2.24) is 14.9 Å². The number of piperazine rings is 1. The fraction of sp³-hybridized carbons (Fsp3) is 0.556. The molecule has 1 aliphatic rings. The number of carbonyl (C=O) groups excluding carboxylic acids is 2. The minimum absolute atomic E-state index is 0.190. The number of fused-ring (bicyclic) bond motifs is 3. The molecule has 0 radical (unpaired) electrons. The van der Waals surface area contributed by atoms with Crippen LogP contribution in [0.15, 0.2) is 22.6 Å². The molecule has 1 saturated heterocycles. The number of ether oxygens (including phenoxy) is 3. The summed E-state index contributed by atoms with van der Waals surface area (Å²) in [6.45, 7) is 13.9. The summed E-state index contributed by atoms with van der Waals surface area (Å²) in [4.78, 5) is 38.4. The third-order valence-corrected chi connectivity index (χ3v) is 5.96. The lowest BCUT2D eigenvalue weighted by Gasteiger charge is -2.36. The van der Waals surface area contributed by atoms with Crippen molar-refractivity contribution in [2.75, 3.05) is 56.7 Å². The molecule has 0 aliphatic carbocycles. The van der Waals surface area contributed by atoms with E-state index in [1.54, 1.807) is 12.0 Å². The van der Waals surface area contributed by atoms with Gasteiger partial charge in [-0.25, -0.2) is 9.78 Å². The van der Waals surface area contributed by atoms with E-state index in [-0.39, 0.29) is 17.9 Å². The molecule has 0 bridgehead atoms. The van der Waals surface area contributed by atoms with E-state index in [4.69, 9.17) is 23.6 Å². The van der Waals surface area contributed by atoms with E-state index in [0.29, 0.717) is 67.6 Å². The smallest absolute Gasteiger partial charge is 0.410 e. The highest BCUT2D eigenvalue weighted by Crippen LogP contribution is 2.36. The van der Waals surface area contributed by atoms with Gasteiger partial charge in [0.2, 0.25) is 11.9 Å². The van der Waals surface area contributed by atoms with Crippen LogP contribution in [0.4, 0.5) is 16.6 Å². The number of rotatable bonds is 6. The van der Waals surface area contributed by atoms with Crippen LogP contribution in [0, 0.1) is 5.41 Å². The van der Waals surface area contributed by atoms with Crippen molar-refractivity contribution in [2.24, 2.45) is 5.41 Å². The topological polar surface area (TPSA) is 119 Å². The Kier molecular flexibility index (Phi) is 7.68. The largest absolute Gasteiger partial charge is 0.491 e. The third kappa shape index (κ3) is 6.27. The lowest BCUT2D eigenvalue weighted by Crippen LogP contribution is -2.50. The molecule has 3 aromatic rings. The van der Waals surface area contributed by atoms with E-state index in [0.717, 1.165) is 5.39 Å². The molecule has 11 nitrogen and oxygen atoms in total. The maximum atomic E-state index is 12.8. The van der Waals surface area contributed by atoms with Crippen LogP contribution in [0.3, 0.4) is 0 Å². The average Bonchev–Trinajstić information content (AvgIpc) is 3.20. The Hall–Kier alpha value is -3.60. The molecular weight excluding hydrogens is 490 g/mol. The molecule has 0 spiro atoms. The second kappa shape index (κ2) is 10.6. The van der Waals surface area contributed by atoms with Gasteiger partial charge in [0.15, 0.2) is 11.4 Å². The number of benzene rings is 1. The number of nitrogens with zero attached hydrogens (tertiary/aromatic N) is 4. The number of nitrogens with one attached hydrogen (secondary N) is 1. The summed E-state index contributed by atoms with van der Waals surface area (Å²) >= 11 is 0. The van der Waals surface area contributed by atoms with Crippen LogP contribution in [-0.4, -0.2) is 79.0 Å². The van der Waals surface area contributed by atoms with Crippen molar-refractivity contribution in [2.45, 2.75) is 47.1 Å². The van der Waals surface area contributed by atoms with Crippen molar-refractivity contribution >= 4 is 45.8 Å². The molecule has 2 aromatic heterocycles. The predicted molar refractivity (Wildman–Crippen MR) is 145 cm³/mol. The molecule has 1 N–H and O–H groups in total. The number of furan rings is 1. The molecule has 4 rings (SSSR count). The standard InChI is InChI=1S/C27H37N5O6/c1-26(2,3)23(33)30-24-28-20-18-16-17(36-15-14-35-7)8-9-19(18)37-21(20)22(29-24)31-10-12-32(13-11-31)25(34)38-27(4,5)6/h8-9,16H,10-15H2,1-7H3,(H,28,29,30,33). The van der Waals surface area contributed by atoms with Crippen LogP contribution in [0.5, 0.6) is 5.75 Å². The lowest BCUT2D eigenvalue weighted by molar-refractivity contribution is -0.123. The zero-order valence-corrected chi connectivity index (χ0v) is 23.2. The van der Waals surface area contributed by atoms with Gasteiger partial charge >= 0.3 is 6.09 Å². The summed E-state index contributed by atoms with van der Waals surface area (Å²) < 4.78 is 22.6. The summed E-state index contributed by atoms with van der Waals surface area (Å²) in [5, 5.41) is 3.60. The SMILES string of the molecule is COCCOc1ccc2oc3c(N4CCN(C(=O)OC(C)(C)C)CC4)nc(NC(=O)C(C)(C)C)nc3c2c1. The molecule has 1 aliphatic heterocycles. The van der Waals surface area contributed by atoms with E-state index in [1.807, 2.05) is 64.6 Å². The van der Waals surface area contributed by atoms with Gasteiger partial charge < -0.3 is 28.4 Å². The van der Waals surface area contributed by atoms with Gasteiger partial charge in [0.1, 0.15) is 29.1 Å². The summed E-state index contributed by atoms with van der Waals surface area (Å²) in [6.07, 6.45) is -0.340. The molecule has 0 saturated carbocycles. The van der Waals surface area contributed by atoms with Crippen LogP contribution >= 0.6 is 0 Å². The maximum absolute atomic E-state index is 12.8. The Bertz CT molecular complexity index is 1320. The first-order valence-electron chi connectivity index (χ1n) is 12.8. The molecule has 1 fully saturated rings. The lowest BCUT2D eigenvalue weighted by atomic mass is 9.96. The first kappa shape index (κ1) is 27.4. The summed E-state index contributed by atoms with van der Waals surface area (Å²) in [7, 11) is 1.62. The van der Waals surface area contributed by atoms with Gasteiger partial charge in [-0.1, -0.05) is 20.8 Å². The van der Waals surface area contributed by atoms with Crippen LogP contribution in [0.1, 0.15) is 41.5 Å². The zero-order valence-electron chi connectivity index (χ0n) is 23.2. The summed E-state index contributed by atoms with van der Waals surface area (Å²) in [5.74, 6) is 1.20. The highest BCUT2D eigenvalue weighted by atomic mass is 16.6. The first-order chi connectivity index (χ1) is 17.9. The molecule has 11 heteroatoms. The minimum Gasteiger partial charge on any atom is -0.491 e. The Morgan fingerprint density at radius 1 is 1.03 bits per heavy atom. The van der Waals surface area contributed by atoms with E-state index in [1.165, 1.54) is 0 Å². The number of aromatic nitrogens is 2. The van der Waals surface area contributed by atoms with Crippen molar-refractivity contribution in [3.63, 3.8) is 0 Å². The Morgan fingerprint density at radius 2 is 1.74 bits per heavy atom. The number of anilines is 2. The van der Waals surface area contributed by atoms with Gasteiger partial charge in [-0.2, -0.15) is 4.98 Å². The molecular formula is C27H37N5O6. The average molecular weight is 528 g/mol. The van der Waals surface area contributed by atoms with E-state index in [2.05, 4.69) is 10.3 Å². The molecule has 0 atom stereocenters. The van der Waals surface area contributed by atoms with E-state index >= 15 is 0 Å². The molecule has 206 valence electrons. The number of hydrogen-bond donors (Lipinski definition) is 1. The van der Waals surface area contributed by atoms with Gasteiger partial charge in [0.05, 0.1) is 12.0 Å². The van der Waals surface area contributed by atoms with Gasteiger partial charge in [0.25, 0.3) is 0 Å². The minimum atomic E-state index is -0.627. The molecule has 0 unspecified atom stereocenters. The van der Waals surface area contributed by atoms with Crippen LogP contribution in [-0.2, 0) is 14.3 Å². The van der Waals surface area contributed by atoms with Gasteiger partial charge in [-0.3, -0.25) is 10.1 Å². The maximum Gasteiger partial charge on any atom is 0.410 e. The van der Waals surface area contributed by atoms with Crippen molar-refractivity contribution in [1.29, 1.82) is 0 Å². The fourth-order valence-electron chi connectivity index (χ4n) is 3.93. The second-order valence-corrected chi connectivity index (χ2v) is 11.3. The Balaban J connectivity index is 1.69. The molecule has 2 amide bonds. The van der Waals surface area contributed by atoms with E-state index in [9.17, 15) is 9.59 Å². The number of amides is 2. The molecule has 3 heterocycles. The normalized spacial score (nSPS) is 14.7. The van der Waals surface area contributed by atoms with Crippen molar-refractivity contribution in [3.05, 3.63) is 18.2 Å². The van der Waals surface area contributed by atoms with Gasteiger partial charge in [0, 0.05) is 38.7 Å². The van der Waals surface area contributed by atoms with Crippen LogP contribution in [0.25, 0.3) is 22.1 Å². The van der Waals surface area contributed by atoms with Crippen molar-refractivity contribution < 1.29 is 28.2 Å². The quantitative estimate of drug-likeness (QED) is 0.464. The van der Waals surface area contributed by atoms with Gasteiger partial charge in [-0.05, 0) is 39.0 Å². The summed E-state index contributed by atoms with van der Waals surface area (Å²) in [6, 6.07) is 5.52. The second-order valence-electron chi connectivity index (χ2n) is 11.3. The Morgan fingerprint density at radius 3 is 2.37 bits per heavy atom. The highest BCUT2D eigenvalue weighted by Gasteiger charge is 2.30. The fourth-order valence-corrected chi connectivity index (χ4v) is 3.93. The third-order valence-electron chi connectivity index (χ3n) is 5.96. The first-order valence-corrected chi connectivity index (χ1v) is 12.8. The van der Waals surface area contributed by atoms with Crippen LogP contribution in [0.2, 0.25) is 0 Å². The van der Waals surface area contributed by atoms with E-state index < -0.39 is 11.0 Å². The zero-order chi connectivity index (χ0) is 27.7. The van der Waals surface area contributed by atoms with Crippen LogP contribution < -0.4 is 15.0 Å². The number of methoxy groups -OCH3 is 1. The molecule has 38 heavy (non-hydrogen) atoms. The summed E-state index contributed by atoms with van der Waals surface area (Å²) in [5.41, 5.74) is 0.516. The van der Waals surface area contributed by atoms with Crippen molar-refractivity contribution in [3.8, 4) is 5.75 Å². The number of hydrogen-bond acceptors (Lipinski definition) is 9. The Labute approximate surface area is 222 Å². The van der Waals surface area contributed by atoms with Gasteiger partial charge in [-0.15, -0.1) is 0 Å². The monoisotopic (exact) mass is 527 g/mol. The predicted octanol–water partition coefficient (Wildman–Crippen LogP) is 4.44. The number of carbonyl (C=O) groups is 2.